The van der Waals surface area contributed by atoms with E-state index in [-0.39, 0.29) is 17.7 Å². The first-order chi connectivity index (χ1) is 8.06. The molecule has 1 fully saturated rings. The fourth-order valence-corrected chi connectivity index (χ4v) is 2.92. The number of carboxylic acids is 1. The van der Waals surface area contributed by atoms with E-state index in [0.717, 1.165) is 11.3 Å². The van der Waals surface area contributed by atoms with Crippen LogP contribution in [0.15, 0.2) is 0 Å². The van der Waals surface area contributed by atoms with Crippen molar-refractivity contribution in [1.29, 1.82) is 0 Å². The third-order valence-corrected chi connectivity index (χ3v) is 3.82. The Kier molecular flexibility index (Phi) is 8.55. The van der Waals surface area contributed by atoms with E-state index < -0.39 is 5.97 Å². The molecule has 1 atom stereocenters. The number of thioether (sulfide) groups is 1. The third-order valence-electron chi connectivity index (χ3n) is 1.90. The first kappa shape index (κ1) is 16.7. The number of carbonyl (C=O) groups is 2. The lowest BCUT2D eigenvalue weighted by Crippen LogP contribution is -2.35. The highest BCUT2D eigenvalue weighted by Crippen LogP contribution is 2.30. The molecule has 0 radical (unpaired) electrons. The number of hydrogen-bond donors (Lipinski definition) is 1. The number of carbonyl (C=O) groups excluding carboxylic acids is 1. The predicted molar refractivity (Wildman–Crippen MR) is 74.6 cm³/mol. The van der Waals surface area contributed by atoms with E-state index in [1.807, 2.05) is 13.8 Å². The summed E-state index contributed by atoms with van der Waals surface area (Å²) in [5.41, 5.74) is 0. The topological polar surface area (TPSA) is 57.6 Å². The van der Waals surface area contributed by atoms with Crippen LogP contribution in [0.2, 0.25) is 0 Å². The van der Waals surface area contributed by atoms with Crippen LogP contribution in [-0.2, 0) is 9.59 Å². The summed E-state index contributed by atoms with van der Waals surface area (Å²) in [6.07, 6.45) is 1.37. The largest absolute Gasteiger partial charge is 0.480 e. The molecule has 0 bridgehead atoms. The molecule has 1 heterocycles. The van der Waals surface area contributed by atoms with Crippen LogP contribution >= 0.6 is 35.6 Å². The summed E-state index contributed by atoms with van der Waals surface area (Å²) in [6.45, 7) is 3.65. The second kappa shape index (κ2) is 8.72. The van der Waals surface area contributed by atoms with E-state index in [0.29, 0.717) is 16.6 Å². The molecule has 98 valence electrons. The van der Waals surface area contributed by atoms with E-state index in [9.17, 15) is 9.59 Å². The van der Waals surface area contributed by atoms with Gasteiger partial charge in [-0.25, -0.2) is 0 Å². The average Bonchev–Trinajstić information content (AvgIpc) is 2.56. The summed E-state index contributed by atoms with van der Waals surface area (Å²) < 4.78 is 0.349. The summed E-state index contributed by atoms with van der Waals surface area (Å²) in [4.78, 5) is 23.3. The first-order valence-electron chi connectivity index (χ1n) is 5.36. The van der Waals surface area contributed by atoms with Gasteiger partial charge in [-0.1, -0.05) is 37.8 Å². The minimum atomic E-state index is -1.05. The van der Waals surface area contributed by atoms with Gasteiger partial charge in [0, 0.05) is 5.88 Å². The first-order valence-corrected chi connectivity index (χ1v) is 7.18. The third kappa shape index (κ3) is 5.23. The van der Waals surface area contributed by atoms with Crippen molar-refractivity contribution in [2.24, 2.45) is 0 Å². The van der Waals surface area contributed by atoms with Crippen molar-refractivity contribution in [3.05, 3.63) is 0 Å². The molecule has 7 heteroatoms. The molecule has 1 rings (SSSR count). The van der Waals surface area contributed by atoms with E-state index in [4.69, 9.17) is 28.9 Å². The van der Waals surface area contributed by atoms with Gasteiger partial charge in [0.05, 0.1) is 5.25 Å². The predicted octanol–water partition coefficient (Wildman–Crippen LogP) is 2.35. The van der Waals surface area contributed by atoms with Gasteiger partial charge in [0.1, 0.15) is 10.9 Å². The second-order valence-electron chi connectivity index (χ2n) is 3.02. The SMILES string of the molecule is CC.O=C(O)CN1C(=O)C(CCCCl)SC1=S. The van der Waals surface area contributed by atoms with Crippen molar-refractivity contribution in [2.75, 3.05) is 12.4 Å². The number of amides is 1. The monoisotopic (exact) mass is 297 g/mol. The highest BCUT2D eigenvalue weighted by Gasteiger charge is 2.37. The number of rotatable bonds is 5. The van der Waals surface area contributed by atoms with Gasteiger partial charge in [-0.2, -0.15) is 0 Å². The molecule has 0 aromatic heterocycles. The maximum Gasteiger partial charge on any atom is 0.323 e. The number of alkyl halides is 1. The van der Waals surface area contributed by atoms with Gasteiger partial charge in [0.2, 0.25) is 5.91 Å². The van der Waals surface area contributed by atoms with Gasteiger partial charge in [0.25, 0.3) is 0 Å². The Balaban J connectivity index is 0.00000121. The van der Waals surface area contributed by atoms with Crippen molar-refractivity contribution >= 4 is 51.8 Å². The summed E-state index contributed by atoms with van der Waals surface area (Å²) in [7, 11) is 0. The van der Waals surface area contributed by atoms with E-state index in [2.05, 4.69) is 0 Å². The molecular weight excluding hydrogens is 282 g/mol. The van der Waals surface area contributed by atoms with Crippen molar-refractivity contribution in [3.8, 4) is 0 Å². The molecule has 0 spiro atoms. The molecule has 1 N–H and O–H groups in total. The summed E-state index contributed by atoms with van der Waals surface area (Å²) in [5.74, 6) is -0.766. The van der Waals surface area contributed by atoms with Crippen molar-refractivity contribution in [3.63, 3.8) is 0 Å². The van der Waals surface area contributed by atoms with Crippen LogP contribution in [0.25, 0.3) is 0 Å². The fraction of sp³-hybridized carbons (Fsp3) is 0.700. The molecule has 4 nitrogen and oxygen atoms in total. The van der Waals surface area contributed by atoms with Crippen LogP contribution in [0, 0.1) is 0 Å². The molecule has 0 aromatic rings. The van der Waals surface area contributed by atoms with Crippen LogP contribution in [0.3, 0.4) is 0 Å². The Bertz CT molecular complexity index is 299. The van der Waals surface area contributed by atoms with Crippen molar-refractivity contribution in [2.45, 2.75) is 31.9 Å². The van der Waals surface area contributed by atoms with Gasteiger partial charge in [-0.05, 0) is 12.8 Å². The normalized spacial score (nSPS) is 19.0. The zero-order chi connectivity index (χ0) is 13.4. The molecule has 1 aliphatic rings. The zero-order valence-electron chi connectivity index (χ0n) is 9.81. The van der Waals surface area contributed by atoms with E-state index in [1.165, 1.54) is 11.8 Å². The molecule has 1 unspecified atom stereocenters. The summed E-state index contributed by atoms with van der Waals surface area (Å²) in [5, 5.41) is 8.33. The van der Waals surface area contributed by atoms with Crippen LogP contribution in [-0.4, -0.2) is 43.9 Å². The fourth-order valence-electron chi connectivity index (χ4n) is 1.22. The number of aliphatic carboxylic acids is 1. The average molecular weight is 298 g/mol. The molecule has 1 aliphatic heterocycles. The van der Waals surface area contributed by atoms with Crippen molar-refractivity contribution < 1.29 is 14.7 Å². The molecule has 17 heavy (non-hydrogen) atoms. The lowest BCUT2D eigenvalue weighted by atomic mass is 10.2. The Morgan fingerprint density at radius 3 is 2.65 bits per heavy atom. The molecule has 1 amide bonds. The maximum absolute atomic E-state index is 11.7. The highest BCUT2D eigenvalue weighted by atomic mass is 35.5. The highest BCUT2D eigenvalue weighted by molar-refractivity contribution is 8.24. The van der Waals surface area contributed by atoms with Gasteiger partial charge >= 0.3 is 5.97 Å². The van der Waals surface area contributed by atoms with E-state index in [1.54, 1.807) is 0 Å². The van der Waals surface area contributed by atoms with Crippen LogP contribution < -0.4 is 0 Å². The number of halogens is 1. The number of carboxylic acid groups (broad SMARTS) is 1. The van der Waals surface area contributed by atoms with Crippen molar-refractivity contribution in [1.82, 2.24) is 4.90 Å². The number of hydrogen-bond acceptors (Lipinski definition) is 4. The molecule has 1 saturated heterocycles. The lowest BCUT2D eigenvalue weighted by Gasteiger charge is -2.11. The molecule has 0 aromatic carbocycles. The molecule has 0 aliphatic carbocycles. The summed E-state index contributed by atoms with van der Waals surface area (Å²) in [6, 6.07) is 0. The van der Waals surface area contributed by atoms with Gasteiger partial charge in [0.15, 0.2) is 0 Å². The number of nitrogens with zero attached hydrogens (tertiary/aromatic N) is 1. The Morgan fingerprint density at radius 1 is 1.59 bits per heavy atom. The summed E-state index contributed by atoms with van der Waals surface area (Å²) >= 11 is 11.7. The quantitative estimate of drug-likeness (QED) is 0.623. The van der Waals surface area contributed by atoms with Crippen LogP contribution in [0.4, 0.5) is 0 Å². The maximum atomic E-state index is 11.7. The lowest BCUT2D eigenvalue weighted by molar-refractivity contribution is -0.141. The minimum Gasteiger partial charge on any atom is -0.480 e. The second-order valence-corrected chi connectivity index (χ2v) is 5.24. The van der Waals surface area contributed by atoms with Crippen LogP contribution in [0.1, 0.15) is 26.7 Å². The smallest absolute Gasteiger partial charge is 0.323 e. The standard InChI is InChI=1S/C8H10ClNO3S2.C2H6/c9-3-1-2-5-7(13)10(4-6(11)12)8(14)15-5;1-2/h5H,1-4H2,(H,11,12);1-2H3. The molecular formula is C10H16ClNO3S2. The molecule has 0 saturated carbocycles. The van der Waals surface area contributed by atoms with Gasteiger partial charge < -0.3 is 5.11 Å². The Morgan fingerprint density at radius 2 is 2.18 bits per heavy atom. The van der Waals surface area contributed by atoms with E-state index >= 15 is 0 Å². The zero-order valence-corrected chi connectivity index (χ0v) is 12.2. The van der Waals surface area contributed by atoms with Gasteiger partial charge in [-0.3, -0.25) is 14.5 Å². The van der Waals surface area contributed by atoms with Crippen LogP contribution in [0.5, 0.6) is 0 Å². The van der Waals surface area contributed by atoms with Gasteiger partial charge in [-0.15, -0.1) is 11.6 Å². The Labute approximate surface area is 116 Å². The Hall–Kier alpha value is -0.330. The minimum absolute atomic E-state index is 0.211. The number of thiocarbonyl (C=S) groups is 1.